The Morgan fingerprint density at radius 2 is 1.62 bits per heavy atom. The van der Waals surface area contributed by atoms with Gasteiger partial charge < -0.3 is 47.3 Å². The van der Waals surface area contributed by atoms with Gasteiger partial charge in [-0.1, -0.05) is 33.7 Å². The van der Waals surface area contributed by atoms with Gasteiger partial charge in [-0.15, -0.1) is 0 Å². The van der Waals surface area contributed by atoms with Gasteiger partial charge in [0.2, 0.25) is 23.6 Å². The SMILES string of the molecule is CNCCSSCCC(=O)NC(Cc1ccc(O)cc1)C(=O)NCC(=O)NC(CCCCN)C(=O)NC(C=O)C(C)O. The van der Waals surface area contributed by atoms with E-state index in [9.17, 15) is 34.2 Å². The molecule has 0 saturated carbocycles. The predicted octanol–water partition coefficient (Wildman–Crippen LogP) is -0.795. The van der Waals surface area contributed by atoms with Crippen molar-refractivity contribution in [2.75, 3.05) is 38.2 Å². The summed E-state index contributed by atoms with van der Waals surface area (Å²) in [6.45, 7) is 2.14. The number of aliphatic hydroxyl groups is 1. The zero-order valence-electron chi connectivity index (χ0n) is 24.1. The highest BCUT2D eigenvalue weighted by atomic mass is 33.1. The first kappa shape index (κ1) is 37.2. The van der Waals surface area contributed by atoms with Crippen LogP contribution >= 0.6 is 21.6 Å². The zero-order valence-corrected chi connectivity index (χ0v) is 25.7. The molecular formula is C27H44N6O7S2. The monoisotopic (exact) mass is 628 g/mol. The Bertz CT molecular complexity index is 984. The van der Waals surface area contributed by atoms with Gasteiger partial charge in [-0.3, -0.25) is 19.2 Å². The van der Waals surface area contributed by atoms with Crippen LogP contribution in [0.3, 0.4) is 0 Å². The van der Waals surface area contributed by atoms with Gasteiger partial charge in [0.1, 0.15) is 30.2 Å². The highest BCUT2D eigenvalue weighted by Crippen LogP contribution is 2.21. The van der Waals surface area contributed by atoms with E-state index in [-0.39, 0.29) is 30.9 Å². The van der Waals surface area contributed by atoms with Crippen LogP contribution in [0.1, 0.15) is 38.2 Å². The van der Waals surface area contributed by atoms with Crippen molar-refractivity contribution >= 4 is 51.5 Å². The van der Waals surface area contributed by atoms with Crippen LogP contribution in [-0.2, 0) is 30.4 Å². The fraction of sp³-hybridized carbons (Fsp3) is 0.593. The minimum atomic E-state index is -1.14. The number of phenols is 1. The Morgan fingerprint density at radius 1 is 0.952 bits per heavy atom. The number of aliphatic hydroxyl groups excluding tert-OH is 1. The van der Waals surface area contributed by atoms with Gasteiger partial charge in [-0.2, -0.15) is 0 Å². The van der Waals surface area contributed by atoms with Crippen molar-refractivity contribution in [2.45, 2.75) is 63.3 Å². The summed E-state index contributed by atoms with van der Waals surface area (Å²) >= 11 is 0. The molecule has 15 heteroatoms. The van der Waals surface area contributed by atoms with Crippen LogP contribution < -0.4 is 32.3 Å². The Morgan fingerprint density at radius 3 is 2.24 bits per heavy atom. The van der Waals surface area contributed by atoms with E-state index in [0.717, 1.165) is 12.3 Å². The van der Waals surface area contributed by atoms with Crippen molar-refractivity contribution < 1.29 is 34.2 Å². The number of nitrogens with one attached hydrogen (secondary N) is 5. The first-order chi connectivity index (χ1) is 20.1. The van der Waals surface area contributed by atoms with E-state index in [1.54, 1.807) is 33.7 Å². The van der Waals surface area contributed by atoms with Crippen LogP contribution in [-0.4, -0.2) is 103 Å². The molecule has 1 aromatic rings. The third-order valence-corrected chi connectivity index (χ3v) is 8.36. The molecule has 0 radical (unpaired) electrons. The fourth-order valence-corrected chi connectivity index (χ4v) is 5.57. The lowest BCUT2D eigenvalue weighted by atomic mass is 10.0. The van der Waals surface area contributed by atoms with Crippen LogP contribution in [0.15, 0.2) is 24.3 Å². The van der Waals surface area contributed by atoms with Gasteiger partial charge in [0.15, 0.2) is 0 Å². The maximum Gasteiger partial charge on any atom is 0.243 e. The number of amides is 4. The second-order valence-corrected chi connectivity index (χ2v) is 12.2. The van der Waals surface area contributed by atoms with Crippen molar-refractivity contribution in [2.24, 2.45) is 5.73 Å². The van der Waals surface area contributed by atoms with E-state index < -0.39 is 48.5 Å². The average molecular weight is 629 g/mol. The number of carbonyl (C=O) groups excluding carboxylic acids is 5. The molecule has 1 aromatic carbocycles. The summed E-state index contributed by atoms with van der Waals surface area (Å²) in [6, 6.07) is 3.07. The number of unbranched alkanes of at least 4 members (excludes halogenated alkanes) is 1. The van der Waals surface area contributed by atoms with E-state index in [1.807, 2.05) is 7.05 Å². The number of hydrogen-bond donors (Lipinski definition) is 8. The highest BCUT2D eigenvalue weighted by Gasteiger charge is 2.26. The molecular weight excluding hydrogens is 584 g/mol. The minimum absolute atomic E-state index is 0.0613. The molecule has 0 aliphatic heterocycles. The molecule has 0 fully saturated rings. The van der Waals surface area contributed by atoms with Gasteiger partial charge in [-0.25, -0.2) is 0 Å². The van der Waals surface area contributed by atoms with Crippen LogP contribution in [0.5, 0.6) is 5.75 Å². The maximum atomic E-state index is 13.1. The summed E-state index contributed by atoms with van der Waals surface area (Å²) in [5, 5.41) is 32.5. The lowest BCUT2D eigenvalue weighted by molar-refractivity contribution is -0.132. The van der Waals surface area contributed by atoms with Crippen LogP contribution in [0, 0.1) is 0 Å². The molecule has 0 heterocycles. The molecule has 13 nitrogen and oxygen atoms in total. The van der Waals surface area contributed by atoms with E-state index in [4.69, 9.17) is 5.73 Å². The topological polar surface area (TPSA) is 212 Å². The van der Waals surface area contributed by atoms with Gasteiger partial charge in [0.05, 0.1) is 12.6 Å². The minimum Gasteiger partial charge on any atom is -0.508 e. The number of aldehydes is 1. The first-order valence-corrected chi connectivity index (χ1v) is 16.3. The number of carbonyl (C=O) groups is 5. The predicted molar refractivity (Wildman–Crippen MR) is 165 cm³/mol. The summed E-state index contributed by atoms with van der Waals surface area (Å²) in [5.41, 5.74) is 6.22. The molecule has 0 aliphatic carbocycles. The highest BCUT2D eigenvalue weighted by molar-refractivity contribution is 8.76. The van der Waals surface area contributed by atoms with Gasteiger partial charge in [0, 0.05) is 30.9 Å². The third-order valence-electron chi connectivity index (χ3n) is 5.96. The molecule has 42 heavy (non-hydrogen) atoms. The molecule has 0 aromatic heterocycles. The summed E-state index contributed by atoms with van der Waals surface area (Å²) in [5.74, 6) is -0.702. The molecule has 0 aliphatic rings. The van der Waals surface area contributed by atoms with Crippen molar-refractivity contribution in [1.29, 1.82) is 0 Å². The van der Waals surface area contributed by atoms with Gasteiger partial charge in [0.25, 0.3) is 0 Å². The third kappa shape index (κ3) is 16.0. The van der Waals surface area contributed by atoms with E-state index in [0.29, 0.717) is 37.0 Å². The number of aromatic hydroxyl groups is 1. The fourth-order valence-electron chi connectivity index (χ4n) is 3.57. The van der Waals surface area contributed by atoms with E-state index in [2.05, 4.69) is 26.6 Å². The number of benzene rings is 1. The van der Waals surface area contributed by atoms with E-state index >= 15 is 0 Å². The molecule has 236 valence electrons. The zero-order chi connectivity index (χ0) is 31.3. The smallest absolute Gasteiger partial charge is 0.243 e. The van der Waals surface area contributed by atoms with Crippen LogP contribution in [0.25, 0.3) is 0 Å². The Hall–Kier alpha value is -2.85. The van der Waals surface area contributed by atoms with Crippen LogP contribution in [0.4, 0.5) is 0 Å². The molecule has 4 amide bonds. The van der Waals surface area contributed by atoms with Gasteiger partial charge in [-0.05, 0) is 57.5 Å². The molecule has 0 saturated heterocycles. The summed E-state index contributed by atoms with van der Waals surface area (Å²) in [4.78, 5) is 62.3. The van der Waals surface area contributed by atoms with Crippen molar-refractivity contribution in [3.05, 3.63) is 29.8 Å². The number of rotatable bonds is 22. The van der Waals surface area contributed by atoms with Crippen LogP contribution in [0.2, 0.25) is 0 Å². The lowest BCUT2D eigenvalue weighted by Gasteiger charge is -2.23. The molecule has 1 rings (SSSR count). The summed E-state index contributed by atoms with van der Waals surface area (Å²) in [6.07, 6.45) is 0.974. The van der Waals surface area contributed by atoms with Crippen molar-refractivity contribution in [1.82, 2.24) is 26.6 Å². The number of nitrogens with two attached hydrogens (primary N) is 1. The van der Waals surface area contributed by atoms with Crippen molar-refractivity contribution in [3.63, 3.8) is 0 Å². The summed E-state index contributed by atoms with van der Waals surface area (Å²) < 4.78 is 0. The Balaban J connectivity index is 2.80. The quantitative estimate of drug-likeness (QED) is 0.0453. The lowest BCUT2D eigenvalue weighted by Crippen LogP contribution is -2.55. The molecule has 9 N–H and O–H groups in total. The first-order valence-electron chi connectivity index (χ1n) is 13.8. The molecule has 0 bridgehead atoms. The second-order valence-electron chi connectivity index (χ2n) is 9.52. The number of phenolic OH excluding ortho intramolecular Hbond substituents is 1. The largest absolute Gasteiger partial charge is 0.508 e. The molecule has 4 atom stereocenters. The molecule has 4 unspecified atom stereocenters. The Labute approximate surface area is 254 Å². The maximum absolute atomic E-state index is 13.1. The Kier molecular flexibility index (Phi) is 19.3. The van der Waals surface area contributed by atoms with Crippen molar-refractivity contribution in [3.8, 4) is 5.75 Å². The van der Waals surface area contributed by atoms with E-state index in [1.165, 1.54) is 19.1 Å². The average Bonchev–Trinajstić information content (AvgIpc) is 2.96. The molecule has 0 spiro atoms. The standard InChI is InChI=1S/C27H44N6O7S2/c1-18(35)23(17-34)33-27(40)21(5-3-4-11-28)31-25(38)16-30-26(39)22(15-19-6-8-20(36)9-7-19)32-24(37)10-13-41-42-14-12-29-2/h6-9,17-18,21-23,29,35-36H,3-5,10-16,28H2,1-2H3,(H,30,39)(H,31,38)(H,32,37)(H,33,40). The summed E-state index contributed by atoms with van der Waals surface area (Å²) in [7, 11) is 5.07. The van der Waals surface area contributed by atoms with Gasteiger partial charge >= 0.3 is 0 Å². The normalized spacial score (nSPS) is 13.7. The number of hydrogen-bond acceptors (Lipinski definition) is 11. The second kappa shape index (κ2) is 21.8.